The molecule has 2 rings (SSSR count). The van der Waals surface area contributed by atoms with E-state index in [0.29, 0.717) is 12.1 Å². The molecule has 2 aromatic carbocycles. The van der Waals surface area contributed by atoms with Gasteiger partial charge in [0.2, 0.25) is 11.8 Å². The number of nitrogens with zero attached hydrogens (tertiary/aromatic N) is 2. The molecule has 0 aliphatic rings. The summed E-state index contributed by atoms with van der Waals surface area (Å²) in [6.45, 7) is 9.28. The Bertz CT molecular complexity index is 1110. The van der Waals surface area contributed by atoms with E-state index in [0.717, 1.165) is 30.4 Å². The van der Waals surface area contributed by atoms with Gasteiger partial charge in [-0.15, -0.1) is 0 Å². The average Bonchev–Trinajstić information content (AvgIpc) is 2.86. The van der Waals surface area contributed by atoms with Gasteiger partial charge in [0.25, 0.3) is 0 Å². The summed E-state index contributed by atoms with van der Waals surface area (Å²) in [4.78, 5) is 41.6. The average molecular weight is 521 g/mol. The van der Waals surface area contributed by atoms with Crippen LogP contribution < -0.4 is 10.6 Å². The molecule has 38 heavy (non-hydrogen) atoms. The topological polar surface area (TPSA) is 112 Å². The Hall–Kier alpha value is -3.86. The number of nitriles is 1. The highest BCUT2D eigenvalue weighted by Gasteiger charge is 2.36. The molecule has 2 atom stereocenters. The highest BCUT2D eigenvalue weighted by Crippen LogP contribution is 2.26. The van der Waals surface area contributed by atoms with Gasteiger partial charge in [-0.05, 0) is 50.8 Å². The minimum Gasteiger partial charge on any atom is -0.444 e. The third-order valence-electron chi connectivity index (χ3n) is 5.92. The van der Waals surface area contributed by atoms with Crippen LogP contribution in [0.1, 0.15) is 69.7 Å². The first-order valence-corrected chi connectivity index (χ1v) is 13.1. The highest BCUT2D eigenvalue weighted by molar-refractivity contribution is 5.92. The van der Waals surface area contributed by atoms with Crippen molar-refractivity contribution in [1.82, 2.24) is 15.5 Å². The number of benzene rings is 2. The lowest BCUT2D eigenvalue weighted by molar-refractivity contribution is -0.141. The quantitative estimate of drug-likeness (QED) is 0.308. The van der Waals surface area contributed by atoms with Crippen molar-refractivity contribution in [3.63, 3.8) is 0 Å². The Morgan fingerprint density at radius 3 is 2.29 bits per heavy atom. The number of hydrogen-bond acceptors (Lipinski definition) is 5. The standard InChI is InChI=1S/C30H40N4O4/c1-6-7-13-19-32-27(35)26(24-17-12-11-14-22(24)2)34(20-18-31)28(36)25(21-23-15-9-8-10-16-23)33-29(37)38-30(3,4)5/h8-12,14-17,25-26H,6-7,13,19-21H2,1-5H3,(H,32,35)(H,33,37). The zero-order valence-electron chi connectivity index (χ0n) is 23.1. The molecule has 0 spiro atoms. The molecule has 8 heteroatoms. The Balaban J connectivity index is 2.47. The predicted octanol–water partition coefficient (Wildman–Crippen LogP) is 4.83. The summed E-state index contributed by atoms with van der Waals surface area (Å²) in [6.07, 6.45) is 2.20. The fourth-order valence-corrected chi connectivity index (χ4v) is 4.10. The summed E-state index contributed by atoms with van der Waals surface area (Å²) >= 11 is 0. The predicted molar refractivity (Wildman–Crippen MR) is 147 cm³/mol. The van der Waals surface area contributed by atoms with Crippen LogP contribution in [-0.2, 0) is 20.7 Å². The summed E-state index contributed by atoms with van der Waals surface area (Å²) in [5.74, 6) is -0.909. The van der Waals surface area contributed by atoms with Gasteiger partial charge in [-0.1, -0.05) is 74.4 Å². The van der Waals surface area contributed by atoms with Gasteiger partial charge in [0.05, 0.1) is 6.07 Å². The lowest BCUT2D eigenvalue weighted by Crippen LogP contribution is -2.54. The van der Waals surface area contributed by atoms with E-state index in [1.807, 2.05) is 55.5 Å². The minimum absolute atomic E-state index is 0.166. The zero-order chi connectivity index (χ0) is 28.1. The first-order valence-electron chi connectivity index (χ1n) is 13.1. The molecule has 0 aromatic heterocycles. The fraction of sp³-hybridized carbons (Fsp3) is 0.467. The molecular weight excluding hydrogens is 480 g/mol. The van der Waals surface area contributed by atoms with Gasteiger partial charge in [-0.25, -0.2) is 4.79 Å². The van der Waals surface area contributed by atoms with Gasteiger partial charge in [-0.2, -0.15) is 5.26 Å². The number of ether oxygens (including phenoxy) is 1. The largest absolute Gasteiger partial charge is 0.444 e. The van der Waals surface area contributed by atoms with Gasteiger partial charge in [0, 0.05) is 13.0 Å². The van der Waals surface area contributed by atoms with Crippen LogP contribution >= 0.6 is 0 Å². The Kier molecular flexibility index (Phi) is 11.8. The molecule has 0 radical (unpaired) electrons. The number of rotatable bonds is 12. The number of nitrogens with one attached hydrogen (secondary N) is 2. The third-order valence-corrected chi connectivity index (χ3v) is 5.92. The molecule has 204 valence electrons. The van der Waals surface area contributed by atoms with E-state index in [9.17, 15) is 19.6 Å². The second-order valence-electron chi connectivity index (χ2n) is 10.3. The zero-order valence-corrected chi connectivity index (χ0v) is 23.1. The third kappa shape index (κ3) is 9.55. The number of carbonyl (C=O) groups excluding carboxylic acids is 3. The molecular formula is C30H40N4O4. The van der Waals surface area contributed by atoms with Crippen LogP contribution in [0.3, 0.4) is 0 Å². The summed E-state index contributed by atoms with van der Waals surface area (Å²) < 4.78 is 5.42. The van der Waals surface area contributed by atoms with E-state index in [4.69, 9.17) is 4.74 Å². The maximum Gasteiger partial charge on any atom is 0.408 e. The van der Waals surface area contributed by atoms with E-state index in [1.54, 1.807) is 32.9 Å². The molecule has 0 aliphatic heterocycles. The molecule has 0 fully saturated rings. The number of alkyl carbamates (subject to hydrolysis) is 1. The van der Waals surface area contributed by atoms with Crippen LogP contribution in [0.25, 0.3) is 0 Å². The number of hydrogen-bond donors (Lipinski definition) is 2. The number of amides is 3. The Morgan fingerprint density at radius 2 is 1.68 bits per heavy atom. The second-order valence-corrected chi connectivity index (χ2v) is 10.3. The SMILES string of the molecule is CCCCCNC(=O)C(c1ccccc1C)N(CC#N)C(=O)C(Cc1ccccc1)NC(=O)OC(C)(C)C. The Labute approximate surface area is 226 Å². The van der Waals surface area contributed by atoms with Crippen molar-refractivity contribution in [3.8, 4) is 6.07 Å². The molecule has 2 N–H and O–H groups in total. The van der Waals surface area contributed by atoms with Crippen molar-refractivity contribution in [2.45, 2.75) is 78.0 Å². The lowest BCUT2D eigenvalue weighted by Gasteiger charge is -2.33. The molecule has 0 saturated heterocycles. The molecule has 3 amide bonds. The van der Waals surface area contributed by atoms with Crippen LogP contribution in [0.2, 0.25) is 0 Å². The summed E-state index contributed by atoms with van der Waals surface area (Å²) in [5.41, 5.74) is 1.49. The van der Waals surface area contributed by atoms with E-state index < -0.39 is 29.7 Å². The number of aryl methyl sites for hydroxylation is 1. The molecule has 0 heterocycles. The molecule has 0 aliphatic carbocycles. The van der Waals surface area contributed by atoms with E-state index in [-0.39, 0.29) is 18.9 Å². The van der Waals surface area contributed by atoms with Gasteiger partial charge >= 0.3 is 6.09 Å². The van der Waals surface area contributed by atoms with Crippen molar-refractivity contribution in [3.05, 3.63) is 71.3 Å². The summed E-state index contributed by atoms with van der Waals surface area (Å²) in [6, 6.07) is 16.5. The lowest BCUT2D eigenvalue weighted by atomic mass is 9.97. The molecule has 2 unspecified atom stereocenters. The Morgan fingerprint density at radius 1 is 1.03 bits per heavy atom. The van der Waals surface area contributed by atoms with Crippen molar-refractivity contribution in [2.75, 3.05) is 13.1 Å². The smallest absolute Gasteiger partial charge is 0.408 e. The van der Waals surface area contributed by atoms with Gasteiger partial charge in [0.1, 0.15) is 24.2 Å². The van der Waals surface area contributed by atoms with Crippen LogP contribution in [0.5, 0.6) is 0 Å². The molecule has 2 aromatic rings. The van der Waals surface area contributed by atoms with Crippen molar-refractivity contribution < 1.29 is 19.1 Å². The summed E-state index contributed by atoms with van der Waals surface area (Å²) in [5, 5.41) is 15.3. The van der Waals surface area contributed by atoms with Crippen molar-refractivity contribution in [1.29, 1.82) is 5.26 Å². The van der Waals surface area contributed by atoms with Crippen LogP contribution in [0, 0.1) is 18.3 Å². The maximum atomic E-state index is 14.1. The van der Waals surface area contributed by atoms with Crippen LogP contribution in [-0.4, -0.2) is 47.5 Å². The minimum atomic E-state index is -1.06. The second kappa shape index (κ2) is 14.8. The first kappa shape index (κ1) is 30.4. The van der Waals surface area contributed by atoms with E-state index in [1.165, 1.54) is 4.90 Å². The van der Waals surface area contributed by atoms with Crippen LogP contribution in [0.4, 0.5) is 4.79 Å². The van der Waals surface area contributed by atoms with Gasteiger partial charge < -0.3 is 20.3 Å². The maximum absolute atomic E-state index is 14.1. The number of carbonyl (C=O) groups is 3. The van der Waals surface area contributed by atoms with Gasteiger partial charge in [-0.3, -0.25) is 9.59 Å². The normalized spacial score (nSPS) is 12.5. The monoisotopic (exact) mass is 520 g/mol. The van der Waals surface area contributed by atoms with Crippen molar-refractivity contribution >= 4 is 17.9 Å². The molecule has 0 bridgehead atoms. The summed E-state index contributed by atoms with van der Waals surface area (Å²) in [7, 11) is 0. The first-order chi connectivity index (χ1) is 18.1. The van der Waals surface area contributed by atoms with Crippen molar-refractivity contribution in [2.24, 2.45) is 0 Å². The van der Waals surface area contributed by atoms with Crippen LogP contribution in [0.15, 0.2) is 54.6 Å². The number of unbranched alkanes of at least 4 members (excludes halogenated alkanes) is 2. The van der Waals surface area contributed by atoms with E-state index in [2.05, 4.69) is 17.6 Å². The molecule has 0 saturated carbocycles. The van der Waals surface area contributed by atoms with Gasteiger partial charge in [0.15, 0.2) is 0 Å². The fourth-order valence-electron chi connectivity index (χ4n) is 4.10. The highest BCUT2D eigenvalue weighted by atomic mass is 16.6. The molecule has 8 nitrogen and oxygen atoms in total. The van der Waals surface area contributed by atoms with E-state index >= 15 is 0 Å².